The molecule has 0 saturated heterocycles. The van der Waals surface area contributed by atoms with Crippen LogP contribution in [0.15, 0.2) is 83.9 Å². The van der Waals surface area contributed by atoms with E-state index < -0.39 is 33.8 Å². The van der Waals surface area contributed by atoms with Crippen molar-refractivity contribution in [1.82, 2.24) is 9.97 Å². The van der Waals surface area contributed by atoms with Gasteiger partial charge in [0.25, 0.3) is 0 Å². The van der Waals surface area contributed by atoms with Crippen LogP contribution in [0.3, 0.4) is 0 Å². The summed E-state index contributed by atoms with van der Waals surface area (Å²) in [6.45, 7) is 0. The van der Waals surface area contributed by atoms with Crippen LogP contribution in [-0.2, 0) is 20.3 Å². The van der Waals surface area contributed by atoms with Gasteiger partial charge in [0.15, 0.2) is 10.7 Å². The van der Waals surface area contributed by atoms with Gasteiger partial charge in [0, 0.05) is 23.6 Å². The fraction of sp³-hybridized carbons (Fsp3) is 0.111. The summed E-state index contributed by atoms with van der Waals surface area (Å²) in [5.74, 6) is -1.25. The lowest BCUT2D eigenvalue weighted by atomic mass is 10.0. The van der Waals surface area contributed by atoms with E-state index in [1.165, 1.54) is 65.7 Å². The van der Waals surface area contributed by atoms with Crippen LogP contribution in [0.2, 0.25) is 5.02 Å². The zero-order valence-electron chi connectivity index (χ0n) is 20.6. The Hall–Kier alpha value is -4.55. The number of carbonyl (C=O) groups is 2. The number of rotatable bonds is 9. The first-order valence-electron chi connectivity index (χ1n) is 11.9. The summed E-state index contributed by atoms with van der Waals surface area (Å²) in [7, 11) is -2.75. The lowest BCUT2D eigenvalue weighted by molar-refractivity contribution is -0.133. The fourth-order valence-corrected chi connectivity index (χ4v) is 4.65. The molecule has 204 valence electrons. The number of halogens is 2. The molecule has 3 N–H and O–H groups in total. The van der Waals surface area contributed by atoms with Crippen molar-refractivity contribution in [3.05, 3.63) is 89.8 Å². The Bertz CT molecular complexity index is 1690. The van der Waals surface area contributed by atoms with E-state index in [0.29, 0.717) is 29.9 Å². The Labute approximate surface area is 234 Å². The highest BCUT2D eigenvalue weighted by Gasteiger charge is 2.57. The summed E-state index contributed by atoms with van der Waals surface area (Å²) >= 11 is 6.52. The van der Waals surface area contributed by atoms with Gasteiger partial charge in [0.2, 0.25) is 23.6 Å². The minimum atomic E-state index is -2.75. The van der Waals surface area contributed by atoms with Gasteiger partial charge in [-0.25, -0.2) is 17.8 Å². The maximum absolute atomic E-state index is 13.6. The van der Waals surface area contributed by atoms with Crippen LogP contribution >= 0.6 is 11.6 Å². The third-order valence-electron chi connectivity index (χ3n) is 6.25. The molecular formula is C27H21ClFN5O5S. The molecule has 0 aliphatic heterocycles. The van der Waals surface area contributed by atoms with E-state index in [9.17, 15) is 22.4 Å². The molecule has 5 rings (SSSR count). The van der Waals surface area contributed by atoms with Gasteiger partial charge in [-0.1, -0.05) is 17.7 Å². The number of nitrogens with one attached hydrogen (secondary N) is 1. The molecule has 1 aromatic heterocycles. The number of nitrogens with two attached hydrogens (primary N) is 1. The summed E-state index contributed by atoms with van der Waals surface area (Å²) in [5, 5.41) is 3.04. The number of amides is 2. The van der Waals surface area contributed by atoms with Gasteiger partial charge in [0.1, 0.15) is 17.0 Å². The molecule has 4 aromatic rings. The SMILES string of the molecule is NC(=O)C1(C(=O)N(c2ccc(F)cc2)c2ccc(Oc3ccnc(Nc4cccc([SH](=O)=O)c4)n3)c(Cl)c2)CC1. The molecule has 40 heavy (non-hydrogen) atoms. The number of carbonyl (C=O) groups excluding carboxylic acids is 2. The minimum Gasteiger partial charge on any atom is -0.437 e. The first-order chi connectivity index (χ1) is 19.2. The molecule has 1 heterocycles. The van der Waals surface area contributed by atoms with Gasteiger partial charge < -0.3 is 15.8 Å². The Morgan fingerprint density at radius 2 is 1.75 bits per heavy atom. The molecule has 0 bridgehead atoms. The average Bonchev–Trinajstić information content (AvgIpc) is 3.74. The van der Waals surface area contributed by atoms with Crippen molar-refractivity contribution in [2.75, 3.05) is 10.2 Å². The molecule has 13 heteroatoms. The Morgan fingerprint density at radius 1 is 1.02 bits per heavy atom. The Kier molecular flexibility index (Phi) is 7.37. The molecule has 1 saturated carbocycles. The highest BCUT2D eigenvalue weighted by Crippen LogP contribution is 2.49. The summed E-state index contributed by atoms with van der Waals surface area (Å²) in [6, 6.07) is 17.5. The number of nitrogens with zero attached hydrogens (tertiary/aromatic N) is 3. The zero-order chi connectivity index (χ0) is 28.4. The summed E-state index contributed by atoms with van der Waals surface area (Å²) < 4.78 is 42.0. The first-order valence-corrected chi connectivity index (χ1v) is 13.4. The second-order valence-corrected chi connectivity index (χ2v) is 10.4. The molecule has 1 aliphatic carbocycles. The van der Waals surface area contributed by atoms with E-state index in [1.54, 1.807) is 18.2 Å². The highest BCUT2D eigenvalue weighted by atomic mass is 35.5. The van der Waals surface area contributed by atoms with Crippen molar-refractivity contribution in [2.45, 2.75) is 17.7 Å². The molecule has 1 fully saturated rings. The lowest BCUT2D eigenvalue weighted by Crippen LogP contribution is -2.41. The molecule has 0 unspecified atom stereocenters. The third kappa shape index (κ3) is 5.58. The molecule has 3 aromatic carbocycles. The zero-order valence-corrected chi connectivity index (χ0v) is 22.2. The first kappa shape index (κ1) is 27.0. The van der Waals surface area contributed by atoms with E-state index in [1.807, 2.05) is 0 Å². The summed E-state index contributed by atoms with van der Waals surface area (Å²) in [6.07, 6.45) is 2.08. The Morgan fingerprint density at radius 3 is 2.40 bits per heavy atom. The predicted molar refractivity (Wildman–Crippen MR) is 146 cm³/mol. The molecule has 0 radical (unpaired) electrons. The summed E-state index contributed by atoms with van der Waals surface area (Å²) in [4.78, 5) is 35.4. The number of anilines is 4. The normalized spacial score (nSPS) is 13.5. The van der Waals surface area contributed by atoms with Crippen molar-refractivity contribution in [3.8, 4) is 11.6 Å². The number of primary amides is 1. The molecule has 0 spiro atoms. The molecule has 0 atom stereocenters. The van der Waals surface area contributed by atoms with E-state index in [2.05, 4.69) is 15.3 Å². The van der Waals surface area contributed by atoms with Gasteiger partial charge in [-0.2, -0.15) is 4.98 Å². The fourth-order valence-electron chi connectivity index (χ4n) is 3.99. The average molecular weight is 582 g/mol. The van der Waals surface area contributed by atoms with Gasteiger partial charge in [-0.3, -0.25) is 14.5 Å². The predicted octanol–water partition coefficient (Wildman–Crippen LogP) is 4.71. The number of hydrogen-bond acceptors (Lipinski definition) is 8. The van der Waals surface area contributed by atoms with Crippen molar-refractivity contribution in [1.29, 1.82) is 0 Å². The maximum atomic E-state index is 13.6. The highest BCUT2D eigenvalue weighted by molar-refractivity contribution is 7.72. The van der Waals surface area contributed by atoms with Crippen LogP contribution in [0.25, 0.3) is 0 Å². The van der Waals surface area contributed by atoms with E-state index in [-0.39, 0.29) is 27.5 Å². The van der Waals surface area contributed by atoms with Crippen molar-refractivity contribution in [2.24, 2.45) is 11.1 Å². The van der Waals surface area contributed by atoms with Crippen LogP contribution in [-0.4, -0.2) is 30.2 Å². The van der Waals surface area contributed by atoms with Gasteiger partial charge >= 0.3 is 0 Å². The van der Waals surface area contributed by atoms with Crippen LogP contribution in [0.5, 0.6) is 11.6 Å². The smallest absolute Gasteiger partial charge is 0.247 e. The second kappa shape index (κ2) is 10.9. The second-order valence-electron chi connectivity index (χ2n) is 8.93. The third-order valence-corrected chi connectivity index (χ3v) is 7.25. The number of thiol groups is 1. The van der Waals surface area contributed by atoms with E-state index in [0.717, 1.165) is 0 Å². The van der Waals surface area contributed by atoms with Crippen molar-refractivity contribution >= 4 is 57.1 Å². The minimum absolute atomic E-state index is 0.126. The number of hydrogen-bond donors (Lipinski definition) is 3. The molecule has 1 aliphatic rings. The Balaban J connectivity index is 1.40. The number of aromatic nitrogens is 2. The van der Waals surface area contributed by atoms with Crippen LogP contribution in [0.4, 0.5) is 27.4 Å². The number of ether oxygens (including phenoxy) is 1. The summed E-state index contributed by atoms with van der Waals surface area (Å²) in [5.41, 5.74) is 5.33. The largest absolute Gasteiger partial charge is 0.437 e. The lowest BCUT2D eigenvalue weighted by Gasteiger charge is -2.27. The molecular weight excluding hydrogens is 561 g/mol. The van der Waals surface area contributed by atoms with Crippen molar-refractivity contribution in [3.63, 3.8) is 0 Å². The monoisotopic (exact) mass is 581 g/mol. The quantitative estimate of drug-likeness (QED) is 0.190. The molecule has 10 nitrogen and oxygen atoms in total. The number of benzene rings is 3. The molecule has 2 amide bonds. The van der Waals surface area contributed by atoms with Crippen LogP contribution < -0.4 is 20.7 Å². The van der Waals surface area contributed by atoms with E-state index >= 15 is 0 Å². The topological polar surface area (TPSA) is 145 Å². The van der Waals surface area contributed by atoms with Gasteiger partial charge in [0.05, 0.1) is 15.6 Å². The van der Waals surface area contributed by atoms with Gasteiger partial charge in [-0.05, 0) is 73.5 Å². The standard InChI is InChI=1S/C27H21ClFN5O5S/c28-21-15-19(34(18-6-4-16(29)5-7-18)25(36)27(11-12-27)24(30)35)8-9-22(21)39-23-10-13-31-26(33-23)32-17-2-1-3-20(14-17)40(37)38/h1-10,13-15,40H,11-12H2,(H2,30,35)(H,31,32,33). The van der Waals surface area contributed by atoms with E-state index in [4.69, 9.17) is 22.1 Å². The van der Waals surface area contributed by atoms with Crippen LogP contribution in [0.1, 0.15) is 12.8 Å². The van der Waals surface area contributed by atoms with Gasteiger partial charge in [-0.15, -0.1) is 0 Å². The van der Waals surface area contributed by atoms with Crippen LogP contribution in [0, 0.1) is 11.2 Å². The maximum Gasteiger partial charge on any atom is 0.247 e. The van der Waals surface area contributed by atoms with Crippen molar-refractivity contribution < 1.29 is 27.1 Å².